The molecule has 0 atom stereocenters. The van der Waals surface area contributed by atoms with Crippen LogP contribution >= 0.6 is 15.9 Å². The molecule has 1 saturated heterocycles. The van der Waals surface area contributed by atoms with Crippen molar-refractivity contribution < 1.29 is 9.59 Å². The Morgan fingerprint density at radius 3 is 2.33 bits per heavy atom. The lowest BCUT2D eigenvalue weighted by Gasteiger charge is -2.31. The summed E-state index contributed by atoms with van der Waals surface area (Å²) in [6.07, 6.45) is 2.09. The van der Waals surface area contributed by atoms with Crippen molar-refractivity contribution in [3.63, 3.8) is 0 Å². The number of halogens is 1. The van der Waals surface area contributed by atoms with E-state index in [1.165, 1.54) is 0 Å². The SMILES string of the molecule is O=C(CCN1CCC(C(=O)Nc2ccccc2)CC1)Nc1ccccc1Br. The van der Waals surface area contributed by atoms with Gasteiger partial charge in [-0.1, -0.05) is 30.3 Å². The zero-order chi connectivity index (χ0) is 19.1. The molecule has 2 N–H and O–H groups in total. The summed E-state index contributed by atoms with van der Waals surface area (Å²) in [5.41, 5.74) is 1.63. The standard InChI is InChI=1S/C21H24BrN3O2/c22-18-8-4-5-9-19(18)24-20(26)12-15-25-13-10-16(11-14-25)21(27)23-17-6-2-1-3-7-17/h1-9,16H,10-15H2,(H,23,27)(H,24,26). The molecule has 0 spiro atoms. The first-order valence-corrected chi connectivity index (χ1v) is 10.0. The third-order valence-corrected chi connectivity index (χ3v) is 5.49. The molecular formula is C21H24BrN3O2. The van der Waals surface area contributed by atoms with Crippen molar-refractivity contribution >= 4 is 39.1 Å². The van der Waals surface area contributed by atoms with Crippen LogP contribution in [0.25, 0.3) is 0 Å². The van der Waals surface area contributed by atoms with Crippen molar-refractivity contribution in [1.29, 1.82) is 0 Å². The van der Waals surface area contributed by atoms with Gasteiger partial charge in [0, 0.05) is 29.0 Å². The van der Waals surface area contributed by atoms with Crippen LogP contribution in [0.1, 0.15) is 19.3 Å². The molecule has 6 heteroatoms. The number of anilines is 2. The van der Waals surface area contributed by atoms with Crippen molar-refractivity contribution in [3.05, 3.63) is 59.1 Å². The van der Waals surface area contributed by atoms with E-state index < -0.39 is 0 Å². The van der Waals surface area contributed by atoms with Crippen LogP contribution in [0.15, 0.2) is 59.1 Å². The molecule has 0 unspecified atom stereocenters. The Morgan fingerprint density at radius 2 is 1.63 bits per heavy atom. The van der Waals surface area contributed by atoms with Crippen LogP contribution in [0.2, 0.25) is 0 Å². The normalized spacial score (nSPS) is 15.3. The summed E-state index contributed by atoms with van der Waals surface area (Å²) in [7, 11) is 0. The fraction of sp³-hybridized carbons (Fsp3) is 0.333. The molecule has 0 radical (unpaired) electrons. The highest BCUT2D eigenvalue weighted by molar-refractivity contribution is 9.10. The first-order valence-electron chi connectivity index (χ1n) is 9.24. The van der Waals surface area contributed by atoms with Crippen LogP contribution in [0.5, 0.6) is 0 Å². The lowest BCUT2D eigenvalue weighted by atomic mass is 9.95. The number of nitrogens with zero attached hydrogens (tertiary/aromatic N) is 1. The fourth-order valence-corrected chi connectivity index (χ4v) is 3.60. The van der Waals surface area contributed by atoms with E-state index in [0.717, 1.165) is 41.8 Å². The molecule has 0 bridgehead atoms. The Kier molecular flexibility index (Phi) is 7.01. The maximum atomic E-state index is 12.4. The van der Waals surface area contributed by atoms with E-state index in [4.69, 9.17) is 0 Å². The van der Waals surface area contributed by atoms with Gasteiger partial charge in [0.15, 0.2) is 0 Å². The van der Waals surface area contributed by atoms with Crippen LogP contribution in [-0.4, -0.2) is 36.3 Å². The molecule has 2 amide bonds. The van der Waals surface area contributed by atoms with Crippen LogP contribution in [-0.2, 0) is 9.59 Å². The topological polar surface area (TPSA) is 61.4 Å². The van der Waals surface area contributed by atoms with E-state index in [1.54, 1.807) is 0 Å². The lowest BCUT2D eigenvalue weighted by molar-refractivity contribution is -0.121. The highest BCUT2D eigenvalue weighted by Gasteiger charge is 2.25. The first kappa shape index (κ1) is 19.6. The van der Waals surface area contributed by atoms with Crippen LogP contribution < -0.4 is 10.6 Å². The average molecular weight is 430 g/mol. The third kappa shape index (κ3) is 5.91. The summed E-state index contributed by atoms with van der Waals surface area (Å²) in [5.74, 6) is 0.133. The summed E-state index contributed by atoms with van der Waals surface area (Å²) < 4.78 is 0.878. The van der Waals surface area contributed by atoms with Crippen molar-refractivity contribution in [2.24, 2.45) is 5.92 Å². The van der Waals surface area contributed by atoms with Crippen LogP contribution in [0.4, 0.5) is 11.4 Å². The molecule has 1 fully saturated rings. The molecular weight excluding hydrogens is 406 g/mol. The molecule has 0 aliphatic carbocycles. The molecule has 0 aromatic heterocycles. The zero-order valence-corrected chi connectivity index (χ0v) is 16.7. The minimum absolute atomic E-state index is 0.00541. The van der Waals surface area contributed by atoms with Gasteiger partial charge in [-0.3, -0.25) is 9.59 Å². The lowest BCUT2D eigenvalue weighted by Crippen LogP contribution is -2.39. The van der Waals surface area contributed by atoms with Gasteiger partial charge in [-0.2, -0.15) is 0 Å². The highest BCUT2D eigenvalue weighted by atomic mass is 79.9. The number of para-hydroxylation sites is 2. The minimum atomic E-state index is 0.00541. The van der Waals surface area contributed by atoms with Gasteiger partial charge in [-0.15, -0.1) is 0 Å². The summed E-state index contributed by atoms with van der Waals surface area (Å²) >= 11 is 3.43. The Hall–Kier alpha value is -2.18. The Balaban J connectivity index is 1.38. The second kappa shape index (κ2) is 9.67. The third-order valence-electron chi connectivity index (χ3n) is 4.80. The van der Waals surface area contributed by atoms with E-state index >= 15 is 0 Å². The Morgan fingerprint density at radius 1 is 0.963 bits per heavy atom. The maximum absolute atomic E-state index is 12.4. The number of amides is 2. The second-order valence-corrected chi connectivity index (χ2v) is 7.60. The van der Waals surface area contributed by atoms with Gasteiger partial charge in [-0.05, 0) is 66.1 Å². The fourth-order valence-electron chi connectivity index (χ4n) is 3.22. The van der Waals surface area contributed by atoms with E-state index in [-0.39, 0.29) is 17.7 Å². The number of benzene rings is 2. The predicted molar refractivity (Wildman–Crippen MR) is 112 cm³/mol. The zero-order valence-electron chi connectivity index (χ0n) is 15.2. The van der Waals surface area contributed by atoms with E-state index in [0.29, 0.717) is 13.0 Å². The summed E-state index contributed by atoms with van der Waals surface area (Å²) in [6.45, 7) is 2.40. The summed E-state index contributed by atoms with van der Waals surface area (Å²) in [5, 5.41) is 5.91. The van der Waals surface area contributed by atoms with E-state index in [1.807, 2.05) is 54.6 Å². The molecule has 27 heavy (non-hydrogen) atoms. The van der Waals surface area contributed by atoms with Gasteiger partial charge in [-0.25, -0.2) is 0 Å². The van der Waals surface area contributed by atoms with E-state index in [2.05, 4.69) is 31.5 Å². The molecule has 142 valence electrons. The van der Waals surface area contributed by atoms with Gasteiger partial charge in [0.2, 0.25) is 11.8 Å². The molecule has 1 aliphatic rings. The molecule has 1 aliphatic heterocycles. The van der Waals surface area contributed by atoms with Crippen molar-refractivity contribution in [1.82, 2.24) is 4.90 Å². The average Bonchev–Trinajstić information content (AvgIpc) is 2.69. The van der Waals surface area contributed by atoms with Gasteiger partial charge in [0.05, 0.1) is 5.69 Å². The van der Waals surface area contributed by atoms with Crippen LogP contribution in [0, 0.1) is 5.92 Å². The Bertz CT molecular complexity index is 774. The van der Waals surface area contributed by atoms with Gasteiger partial charge < -0.3 is 15.5 Å². The summed E-state index contributed by atoms with van der Waals surface area (Å²) in [6, 6.07) is 17.1. The van der Waals surface area contributed by atoms with Gasteiger partial charge in [0.25, 0.3) is 0 Å². The summed E-state index contributed by atoms with van der Waals surface area (Å²) in [4.78, 5) is 26.8. The van der Waals surface area contributed by atoms with Crippen molar-refractivity contribution in [2.45, 2.75) is 19.3 Å². The maximum Gasteiger partial charge on any atom is 0.227 e. The number of hydrogen-bond donors (Lipinski definition) is 2. The van der Waals surface area contributed by atoms with E-state index in [9.17, 15) is 9.59 Å². The number of likely N-dealkylation sites (tertiary alicyclic amines) is 1. The monoisotopic (exact) mass is 429 g/mol. The molecule has 5 nitrogen and oxygen atoms in total. The van der Waals surface area contributed by atoms with Crippen molar-refractivity contribution in [3.8, 4) is 0 Å². The number of hydrogen-bond acceptors (Lipinski definition) is 3. The number of rotatable bonds is 6. The first-order chi connectivity index (χ1) is 13.1. The molecule has 2 aromatic carbocycles. The number of carbonyl (C=O) groups is 2. The largest absolute Gasteiger partial charge is 0.326 e. The van der Waals surface area contributed by atoms with Gasteiger partial charge >= 0.3 is 0 Å². The number of nitrogens with one attached hydrogen (secondary N) is 2. The number of carbonyl (C=O) groups excluding carboxylic acids is 2. The molecule has 3 rings (SSSR count). The predicted octanol–water partition coefficient (Wildman–Crippen LogP) is 4.13. The van der Waals surface area contributed by atoms with Crippen LogP contribution in [0.3, 0.4) is 0 Å². The molecule has 1 heterocycles. The van der Waals surface area contributed by atoms with Crippen molar-refractivity contribution in [2.75, 3.05) is 30.3 Å². The molecule has 2 aromatic rings. The Labute approximate surface area is 168 Å². The highest BCUT2D eigenvalue weighted by Crippen LogP contribution is 2.22. The molecule has 0 saturated carbocycles. The second-order valence-electron chi connectivity index (χ2n) is 6.75. The minimum Gasteiger partial charge on any atom is -0.326 e. The smallest absolute Gasteiger partial charge is 0.227 e. The van der Waals surface area contributed by atoms with Gasteiger partial charge in [0.1, 0.15) is 0 Å². The number of piperidine rings is 1. The quantitative estimate of drug-likeness (QED) is 0.725.